The van der Waals surface area contributed by atoms with Gasteiger partial charge in [0.2, 0.25) is 0 Å². The van der Waals surface area contributed by atoms with Gasteiger partial charge in [-0.2, -0.15) is 0 Å². The van der Waals surface area contributed by atoms with Crippen molar-refractivity contribution in [2.75, 3.05) is 5.33 Å². The Hall–Kier alpha value is -0.830. The van der Waals surface area contributed by atoms with Crippen LogP contribution in [0.15, 0.2) is 30.3 Å². The molecule has 0 aromatic heterocycles. The molecule has 0 amide bonds. The lowest BCUT2D eigenvalue weighted by Gasteiger charge is -2.15. The maximum atomic E-state index is 12.1. The number of halogens is 1. The second kappa shape index (κ2) is 19.2. The molecule has 0 spiro atoms. The van der Waals surface area contributed by atoms with Crippen LogP contribution in [-0.2, 0) is 9.53 Å². The van der Waals surface area contributed by atoms with Crippen molar-refractivity contribution < 1.29 is 9.53 Å². The van der Waals surface area contributed by atoms with Gasteiger partial charge in [0.05, 0.1) is 0 Å². The van der Waals surface area contributed by atoms with Crippen LogP contribution < -0.4 is 0 Å². The summed E-state index contributed by atoms with van der Waals surface area (Å²) in [6, 6.07) is 9.95. The molecule has 0 fully saturated rings. The molecule has 2 nitrogen and oxygen atoms in total. The molecule has 1 aromatic carbocycles. The van der Waals surface area contributed by atoms with E-state index in [0.29, 0.717) is 11.8 Å². The van der Waals surface area contributed by atoms with Crippen LogP contribution in [0.1, 0.15) is 121 Å². The fourth-order valence-electron chi connectivity index (χ4n) is 3.71. The van der Waals surface area contributed by atoms with Crippen molar-refractivity contribution in [1.82, 2.24) is 0 Å². The lowest BCUT2D eigenvalue weighted by molar-refractivity contribution is -0.148. The number of hydrogen-bond donors (Lipinski definition) is 0. The molecule has 1 unspecified atom stereocenters. The van der Waals surface area contributed by atoms with Gasteiger partial charge in [-0.15, -0.1) is 0 Å². The number of benzene rings is 1. The Balaban J connectivity index is 1.88. The van der Waals surface area contributed by atoms with Gasteiger partial charge < -0.3 is 4.74 Å². The smallest absolute Gasteiger partial charge is 0.306 e. The summed E-state index contributed by atoms with van der Waals surface area (Å²) in [6.07, 6.45) is 20.4. The van der Waals surface area contributed by atoms with E-state index in [0.717, 1.165) is 18.4 Å². The zero-order chi connectivity index (χ0) is 21.0. The fourth-order valence-corrected chi connectivity index (χ4v) is 4.22. The lowest BCUT2D eigenvalue weighted by Crippen LogP contribution is -2.12. The Morgan fingerprint density at radius 3 is 1.66 bits per heavy atom. The monoisotopic (exact) mass is 466 g/mol. The summed E-state index contributed by atoms with van der Waals surface area (Å²) in [6.45, 7) is 2.28. The lowest BCUT2D eigenvalue weighted by atomic mass is 10.0. The van der Waals surface area contributed by atoms with Crippen molar-refractivity contribution in [3.8, 4) is 0 Å². The van der Waals surface area contributed by atoms with Crippen molar-refractivity contribution in [1.29, 1.82) is 0 Å². The molecule has 0 aliphatic carbocycles. The summed E-state index contributed by atoms with van der Waals surface area (Å²) < 4.78 is 5.62. The standard InChI is InChI=1S/C26H43BrO2/c1-2-3-4-5-6-7-8-9-10-11-12-13-14-15-19-22-26(28)29-25(23-27)24-20-17-16-18-21-24/h16-18,20-21,25H,2-15,19,22-23H2,1H3. The van der Waals surface area contributed by atoms with Crippen LogP contribution in [0.2, 0.25) is 0 Å². The number of esters is 1. The van der Waals surface area contributed by atoms with E-state index in [1.807, 2.05) is 30.3 Å². The molecule has 0 saturated carbocycles. The third-order valence-corrected chi connectivity index (χ3v) is 6.16. The van der Waals surface area contributed by atoms with E-state index >= 15 is 0 Å². The first-order valence-corrected chi connectivity index (χ1v) is 13.2. The Morgan fingerprint density at radius 2 is 1.21 bits per heavy atom. The Morgan fingerprint density at radius 1 is 0.759 bits per heavy atom. The Kier molecular flexibility index (Phi) is 17.3. The van der Waals surface area contributed by atoms with Crippen molar-refractivity contribution in [2.24, 2.45) is 0 Å². The first-order valence-electron chi connectivity index (χ1n) is 12.1. The number of ether oxygens (including phenoxy) is 1. The van der Waals surface area contributed by atoms with Gasteiger partial charge in [0.15, 0.2) is 0 Å². The van der Waals surface area contributed by atoms with Crippen molar-refractivity contribution in [3.63, 3.8) is 0 Å². The van der Waals surface area contributed by atoms with E-state index in [-0.39, 0.29) is 12.1 Å². The summed E-state index contributed by atoms with van der Waals surface area (Å²) in [7, 11) is 0. The van der Waals surface area contributed by atoms with Crippen LogP contribution in [0.3, 0.4) is 0 Å². The number of alkyl halides is 1. The van der Waals surface area contributed by atoms with Gasteiger partial charge in [0, 0.05) is 11.8 Å². The van der Waals surface area contributed by atoms with Gasteiger partial charge in [-0.3, -0.25) is 4.79 Å². The Bertz CT molecular complexity index is 489. The zero-order valence-corrected chi connectivity index (χ0v) is 20.3. The Labute approximate surface area is 188 Å². The number of rotatable bonds is 19. The number of hydrogen-bond acceptors (Lipinski definition) is 2. The average molecular weight is 468 g/mol. The van der Waals surface area contributed by atoms with E-state index in [9.17, 15) is 4.79 Å². The van der Waals surface area contributed by atoms with Crippen LogP contribution in [0.4, 0.5) is 0 Å². The van der Waals surface area contributed by atoms with E-state index in [2.05, 4.69) is 22.9 Å². The first kappa shape index (κ1) is 26.2. The van der Waals surface area contributed by atoms with Gasteiger partial charge in [-0.25, -0.2) is 0 Å². The van der Waals surface area contributed by atoms with E-state index in [4.69, 9.17) is 4.74 Å². The van der Waals surface area contributed by atoms with E-state index in [1.165, 1.54) is 83.5 Å². The third-order valence-electron chi connectivity index (χ3n) is 5.57. The summed E-state index contributed by atoms with van der Waals surface area (Å²) >= 11 is 3.45. The maximum absolute atomic E-state index is 12.1. The highest BCUT2D eigenvalue weighted by molar-refractivity contribution is 9.09. The summed E-state index contributed by atoms with van der Waals surface area (Å²) in [5, 5.41) is 0.640. The fraction of sp³-hybridized carbons (Fsp3) is 0.731. The number of carbonyl (C=O) groups is 1. The molecule has 1 atom stereocenters. The number of carbonyl (C=O) groups excluding carboxylic acids is 1. The van der Waals surface area contributed by atoms with Gasteiger partial charge in [0.25, 0.3) is 0 Å². The highest BCUT2D eigenvalue weighted by atomic mass is 79.9. The summed E-state index contributed by atoms with van der Waals surface area (Å²) in [5.41, 5.74) is 1.05. The molecule has 1 aromatic rings. The SMILES string of the molecule is CCCCCCCCCCCCCCCCCC(=O)OC(CBr)c1ccccc1. The predicted molar refractivity (Wildman–Crippen MR) is 129 cm³/mol. The van der Waals surface area contributed by atoms with Crippen LogP contribution in [0.5, 0.6) is 0 Å². The second-order valence-corrected chi connectivity index (χ2v) is 8.89. The van der Waals surface area contributed by atoms with Crippen molar-refractivity contribution in [2.45, 2.75) is 116 Å². The predicted octanol–water partition coefficient (Wildman–Crippen LogP) is 8.93. The largest absolute Gasteiger partial charge is 0.457 e. The summed E-state index contributed by atoms with van der Waals surface area (Å²) in [4.78, 5) is 12.1. The molecule has 0 bridgehead atoms. The highest BCUT2D eigenvalue weighted by Gasteiger charge is 2.14. The molecule has 29 heavy (non-hydrogen) atoms. The van der Waals surface area contributed by atoms with Crippen molar-refractivity contribution >= 4 is 21.9 Å². The average Bonchev–Trinajstić information content (AvgIpc) is 2.75. The van der Waals surface area contributed by atoms with E-state index in [1.54, 1.807) is 0 Å². The third kappa shape index (κ3) is 14.7. The van der Waals surface area contributed by atoms with Gasteiger partial charge in [0.1, 0.15) is 6.10 Å². The summed E-state index contributed by atoms with van der Waals surface area (Å²) in [5.74, 6) is -0.0759. The normalized spacial score (nSPS) is 12.1. The maximum Gasteiger partial charge on any atom is 0.306 e. The van der Waals surface area contributed by atoms with Crippen LogP contribution in [-0.4, -0.2) is 11.3 Å². The minimum absolute atomic E-state index is 0.0759. The molecule has 0 heterocycles. The molecular weight excluding hydrogens is 424 g/mol. The molecule has 1 rings (SSSR count). The topological polar surface area (TPSA) is 26.3 Å². The number of unbranched alkanes of at least 4 members (excludes halogenated alkanes) is 14. The van der Waals surface area contributed by atoms with Crippen LogP contribution >= 0.6 is 15.9 Å². The molecule has 0 radical (unpaired) electrons. The first-order chi connectivity index (χ1) is 14.3. The highest BCUT2D eigenvalue weighted by Crippen LogP contribution is 2.21. The van der Waals surface area contributed by atoms with E-state index < -0.39 is 0 Å². The minimum Gasteiger partial charge on any atom is -0.457 e. The van der Waals surface area contributed by atoms with Crippen LogP contribution in [0, 0.1) is 0 Å². The molecule has 166 valence electrons. The molecular formula is C26H43BrO2. The minimum atomic E-state index is -0.181. The second-order valence-electron chi connectivity index (χ2n) is 8.24. The van der Waals surface area contributed by atoms with Gasteiger partial charge in [-0.1, -0.05) is 143 Å². The molecule has 0 saturated heterocycles. The van der Waals surface area contributed by atoms with Gasteiger partial charge in [-0.05, 0) is 12.0 Å². The van der Waals surface area contributed by atoms with Crippen molar-refractivity contribution in [3.05, 3.63) is 35.9 Å². The van der Waals surface area contributed by atoms with Crippen LogP contribution in [0.25, 0.3) is 0 Å². The molecule has 0 aliphatic heterocycles. The quantitative estimate of drug-likeness (QED) is 0.115. The molecule has 0 N–H and O–H groups in total. The zero-order valence-electron chi connectivity index (χ0n) is 18.7. The molecule has 3 heteroatoms. The molecule has 0 aliphatic rings. The van der Waals surface area contributed by atoms with Gasteiger partial charge >= 0.3 is 5.97 Å².